The molecule has 4 aromatic heterocycles. The first-order valence-electron chi connectivity index (χ1n) is 19.1. The van der Waals surface area contributed by atoms with Crippen LogP contribution in [0.5, 0.6) is 0 Å². The average Bonchev–Trinajstić information content (AvgIpc) is 3.89. The summed E-state index contributed by atoms with van der Waals surface area (Å²) < 4.78 is 34.4. The lowest BCUT2D eigenvalue weighted by atomic mass is 9.85. The minimum atomic E-state index is -2.85. The van der Waals surface area contributed by atoms with E-state index in [1.807, 2.05) is 18.2 Å². The number of amides is 3. The number of carbonyl (C=O) groups excluding carboxylic acids is 3. The molecule has 2 N–H and O–H groups in total. The van der Waals surface area contributed by atoms with Gasteiger partial charge in [-0.1, -0.05) is 13.0 Å². The van der Waals surface area contributed by atoms with Crippen LogP contribution in [-0.4, -0.2) is 88.4 Å². The van der Waals surface area contributed by atoms with Gasteiger partial charge in [-0.25, -0.2) is 23.1 Å². The van der Waals surface area contributed by atoms with Crippen molar-refractivity contribution < 1.29 is 23.2 Å². The molecular weight excluding hydrogens is 712 g/mol. The van der Waals surface area contributed by atoms with Crippen molar-refractivity contribution in [3.8, 4) is 0 Å². The number of anilines is 2. The average molecular weight is 758 g/mol. The molecule has 0 bridgehead atoms. The van der Waals surface area contributed by atoms with Crippen molar-refractivity contribution >= 4 is 45.8 Å². The highest BCUT2D eigenvalue weighted by Gasteiger charge is 2.34. The number of para-hydroxylation sites is 1. The molecule has 17 heteroatoms. The van der Waals surface area contributed by atoms with Gasteiger partial charge in [0.05, 0.1) is 34.6 Å². The molecule has 1 saturated carbocycles. The van der Waals surface area contributed by atoms with Crippen molar-refractivity contribution in [3.63, 3.8) is 0 Å². The third-order valence-electron chi connectivity index (χ3n) is 11.8. The number of aromatic nitrogens is 7. The fourth-order valence-corrected chi connectivity index (χ4v) is 8.86. The molecule has 55 heavy (non-hydrogen) atoms. The minimum absolute atomic E-state index is 0.00810. The molecule has 0 radical (unpaired) electrons. The predicted octanol–water partition coefficient (Wildman–Crippen LogP) is 4.47. The van der Waals surface area contributed by atoms with E-state index in [2.05, 4.69) is 42.5 Å². The Morgan fingerprint density at radius 3 is 2.56 bits per heavy atom. The first-order valence-corrected chi connectivity index (χ1v) is 19.1. The topological polar surface area (TPSA) is 157 Å². The number of piperidine rings is 2. The van der Waals surface area contributed by atoms with Gasteiger partial charge in [-0.05, 0) is 75.6 Å². The Labute approximate surface area is 315 Å². The van der Waals surface area contributed by atoms with E-state index in [-0.39, 0.29) is 35.3 Å². The van der Waals surface area contributed by atoms with Crippen molar-refractivity contribution in [1.29, 1.82) is 0 Å². The van der Waals surface area contributed by atoms with Crippen LogP contribution in [0.1, 0.15) is 92.9 Å². The van der Waals surface area contributed by atoms with E-state index >= 15 is 0 Å². The van der Waals surface area contributed by atoms with Crippen LogP contribution >= 0.6 is 0 Å². The number of nitrogens with one attached hydrogen (secondary N) is 2. The first-order chi connectivity index (χ1) is 26.6. The monoisotopic (exact) mass is 757 g/mol. The highest BCUT2D eigenvalue weighted by atomic mass is 19.3. The Morgan fingerprint density at radius 1 is 1.05 bits per heavy atom. The van der Waals surface area contributed by atoms with Crippen molar-refractivity contribution in [2.24, 2.45) is 13.0 Å². The molecule has 1 aromatic carbocycles. The summed E-state index contributed by atoms with van der Waals surface area (Å²) >= 11 is 0. The molecule has 3 aliphatic rings. The predicted molar refractivity (Wildman–Crippen MR) is 200 cm³/mol. The Kier molecular flexibility index (Phi) is 9.96. The highest BCUT2D eigenvalue weighted by molar-refractivity contribution is 6.08. The van der Waals surface area contributed by atoms with E-state index < -0.39 is 30.0 Å². The molecule has 290 valence electrons. The number of rotatable bonds is 10. The van der Waals surface area contributed by atoms with Crippen LogP contribution in [0.3, 0.4) is 0 Å². The summed E-state index contributed by atoms with van der Waals surface area (Å²) in [4.78, 5) is 60.1. The van der Waals surface area contributed by atoms with Gasteiger partial charge in [-0.15, -0.1) is 0 Å². The largest absolute Gasteiger partial charge is 0.370 e. The van der Waals surface area contributed by atoms with Crippen LogP contribution in [0.15, 0.2) is 53.8 Å². The fourth-order valence-electron chi connectivity index (χ4n) is 8.86. The molecule has 2 aliphatic heterocycles. The van der Waals surface area contributed by atoms with Gasteiger partial charge in [0.2, 0.25) is 11.8 Å². The summed E-state index contributed by atoms with van der Waals surface area (Å²) in [5, 5.41) is 13.4. The molecule has 1 aliphatic carbocycles. The third-order valence-corrected chi connectivity index (χ3v) is 11.8. The molecule has 15 nitrogen and oxygen atoms in total. The van der Waals surface area contributed by atoms with E-state index in [9.17, 15) is 28.0 Å². The molecule has 3 fully saturated rings. The van der Waals surface area contributed by atoms with Crippen molar-refractivity contribution in [3.05, 3.63) is 70.8 Å². The summed E-state index contributed by atoms with van der Waals surface area (Å²) in [7, 11) is 1.74. The quantitative estimate of drug-likeness (QED) is 0.196. The number of hydrogen-bond donors (Lipinski definition) is 2. The Morgan fingerprint density at radius 2 is 1.84 bits per heavy atom. The molecule has 3 amide bonds. The van der Waals surface area contributed by atoms with Crippen LogP contribution in [0.25, 0.3) is 16.7 Å². The molecule has 1 unspecified atom stereocenters. The van der Waals surface area contributed by atoms with Gasteiger partial charge in [0.1, 0.15) is 11.6 Å². The van der Waals surface area contributed by atoms with Crippen molar-refractivity contribution in [2.45, 2.75) is 82.8 Å². The molecule has 0 spiro atoms. The number of hydrogen-bond acceptors (Lipinski definition) is 9. The molecule has 6 heterocycles. The lowest BCUT2D eigenvalue weighted by Gasteiger charge is -2.41. The maximum Gasteiger partial charge on any atom is 0.329 e. The second-order valence-electron chi connectivity index (χ2n) is 14.9. The molecule has 1 atom stereocenters. The second kappa shape index (κ2) is 15.0. The molecular formula is C38H45F2N11O4. The van der Waals surface area contributed by atoms with E-state index in [4.69, 9.17) is 0 Å². The summed E-state index contributed by atoms with van der Waals surface area (Å²) in [5.74, 6) is -0.863. The van der Waals surface area contributed by atoms with E-state index in [0.29, 0.717) is 29.5 Å². The van der Waals surface area contributed by atoms with Crippen LogP contribution in [0.4, 0.5) is 20.2 Å². The summed E-state index contributed by atoms with van der Waals surface area (Å²) in [6, 6.07) is 7.15. The van der Waals surface area contributed by atoms with Gasteiger partial charge in [0.25, 0.3) is 12.3 Å². The van der Waals surface area contributed by atoms with Crippen LogP contribution in [-0.2, 0) is 16.6 Å². The minimum Gasteiger partial charge on any atom is -0.370 e. The first kappa shape index (κ1) is 36.5. The van der Waals surface area contributed by atoms with Crippen molar-refractivity contribution in [2.75, 3.05) is 36.4 Å². The van der Waals surface area contributed by atoms with Gasteiger partial charge in [-0.2, -0.15) is 10.2 Å². The highest BCUT2D eigenvalue weighted by Crippen LogP contribution is 2.37. The Balaban J connectivity index is 0.882. The number of imide groups is 1. The summed E-state index contributed by atoms with van der Waals surface area (Å²) in [5.41, 5.74) is 2.23. The molecule has 8 rings (SSSR count). The maximum atomic E-state index is 14.1. The third kappa shape index (κ3) is 6.89. The number of nitrogens with zero attached hydrogens (tertiary/aromatic N) is 9. The maximum absolute atomic E-state index is 14.1. The van der Waals surface area contributed by atoms with Crippen molar-refractivity contribution in [1.82, 2.24) is 43.7 Å². The summed E-state index contributed by atoms with van der Waals surface area (Å²) in [6.07, 6.45) is 9.15. The van der Waals surface area contributed by atoms with Gasteiger partial charge < -0.3 is 15.1 Å². The van der Waals surface area contributed by atoms with Gasteiger partial charge >= 0.3 is 5.69 Å². The van der Waals surface area contributed by atoms with Gasteiger partial charge in [-0.3, -0.25) is 33.5 Å². The second-order valence-corrected chi connectivity index (χ2v) is 14.9. The van der Waals surface area contributed by atoms with E-state index in [1.165, 1.54) is 27.7 Å². The van der Waals surface area contributed by atoms with Crippen LogP contribution in [0.2, 0.25) is 0 Å². The standard InChI is InChI=1S/C38H45F2N11O4/c1-3-47(24-14-18-48(19-15-24)28-6-4-7-29-33(28)46(2)38(55)51(29)30-12-13-31(52)44-37(30)54)21-23-8-10-25(11-9-23)50-22-27(32(45-50)34(39)40)43-36(53)26-20-42-49-17-5-16-41-35(26)49/h4-7,16-17,20,22-25,30,34H,3,8-15,18-19,21H2,1-2H3,(H,43,53)(H,44,52,54)/t23-,25-,30?. The SMILES string of the molecule is CCN(C[C@H]1CC[C@H](n2cc(NC(=O)c3cnn4cccnc34)c(C(F)F)n2)CC1)C1CCN(c2cccc3c2n(C)c(=O)n3C2CCC(=O)NC2=O)CC1. The smallest absolute Gasteiger partial charge is 0.329 e. The lowest BCUT2D eigenvalue weighted by Crippen LogP contribution is -2.46. The number of carbonyl (C=O) groups is 3. The normalized spacial score (nSPS) is 21.3. The Hall–Kier alpha value is -5.45. The number of halogens is 2. The van der Waals surface area contributed by atoms with Crippen LogP contribution < -0.4 is 21.2 Å². The van der Waals surface area contributed by atoms with Crippen LogP contribution in [0, 0.1) is 5.92 Å². The Bertz CT molecular complexity index is 2300. The number of imidazole rings is 1. The molecule has 5 aromatic rings. The number of aryl methyl sites for hydroxylation is 1. The zero-order valence-corrected chi connectivity index (χ0v) is 30.9. The zero-order chi connectivity index (χ0) is 38.4. The lowest BCUT2D eigenvalue weighted by molar-refractivity contribution is -0.135. The van der Waals surface area contributed by atoms with E-state index in [0.717, 1.165) is 75.9 Å². The van der Waals surface area contributed by atoms with E-state index in [1.54, 1.807) is 28.6 Å². The van der Waals surface area contributed by atoms with Gasteiger partial charge in [0.15, 0.2) is 11.3 Å². The number of benzene rings is 1. The fraction of sp³-hybridized carbons (Fsp3) is 0.500. The van der Waals surface area contributed by atoms with Gasteiger partial charge in [0, 0.05) is 57.7 Å². The summed E-state index contributed by atoms with van der Waals surface area (Å²) in [6.45, 7) is 5.72. The molecule has 2 saturated heterocycles. The number of alkyl halides is 2. The number of fused-ring (bicyclic) bond motifs is 2. The zero-order valence-electron chi connectivity index (χ0n) is 30.9.